The van der Waals surface area contributed by atoms with Crippen LogP contribution in [0.15, 0.2) is 113 Å². The standard InChI is InChI=1S/C84H96BN3OS/c1-75(2)31-33-77(5,6)58-41-51(25-27-56(58)75)86-64-45-54-68(89-73-70(54)79(9,10)35-37-81(73,13)14)47-61(64)85-62-48-69-55(71-74(90-69)82(15,16)38-36-80(71,11)12)46-65(62)87(52-26-28-57-59(42-52)78(7,8)34-32-76(57,3)4)67-44-53(43-66(86)72(67)85)88-63-40-50-24-20-19-23-49(50)39-60(63)83(17)29-21-22-30-84(83,88)18/h19-20,23-28,39-48H,21-22,29-38H2,1-18H3/i25D,26D,27D,28D,41D,42D,43D,44D,45D,46D,47D,48D. The van der Waals surface area contributed by atoms with Gasteiger partial charge in [-0.25, -0.2) is 0 Å². The first-order valence-electron chi connectivity index (χ1n) is 40.0. The van der Waals surface area contributed by atoms with Crippen molar-refractivity contribution in [2.45, 2.75) is 256 Å². The van der Waals surface area contributed by atoms with Crippen LogP contribution in [-0.4, -0.2) is 12.3 Å². The lowest BCUT2D eigenvalue weighted by molar-refractivity contribution is 0.195. The summed E-state index contributed by atoms with van der Waals surface area (Å²) in [6.45, 7) is 37.5. The molecule has 462 valence electrons. The van der Waals surface area contributed by atoms with Crippen molar-refractivity contribution in [1.82, 2.24) is 0 Å². The largest absolute Gasteiger partial charge is 0.460 e. The van der Waals surface area contributed by atoms with Crippen LogP contribution in [0.2, 0.25) is 0 Å². The summed E-state index contributed by atoms with van der Waals surface area (Å²) in [4.78, 5) is 6.75. The minimum atomic E-state index is -1.34. The molecule has 2 unspecified atom stereocenters. The molecule has 8 aliphatic rings. The summed E-state index contributed by atoms with van der Waals surface area (Å²) in [5.74, 6) is 0.661. The monoisotopic (exact) mass is 1220 g/mol. The number of hydrogen-bond acceptors (Lipinski definition) is 5. The number of thiophene rings is 1. The van der Waals surface area contributed by atoms with Gasteiger partial charge in [-0.15, -0.1) is 11.3 Å². The second kappa shape index (κ2) is 17.9. The Morgan fingerprint density at radius 2 is 0.933 bits per heavy atom. The molecular weight excluding hydrogens is 1110 g/mol. The molecule has 0 saturated heterocycles. The third-order valence-electron chi connectivity index (χ3n) is 25.1. The molecule has 0 radical (unpaired) electrons. The average Bonchev–Trinajstić information content (AvgIpc) is 0.706. The fourth-order valence-corrected chi connectivity index (χ4v) is 20.1. The molecule has 3 aliphatic heterocycles. The van der Waals surface area contributed by atoms with Crippen molar-refractivity contribution in [3.63, 3.8) is 0 Å². The van der Waals surface area contributed by atoms with Gasteiger partial charge in [-0.3, -0.25) is 0 Å². The second-order valence-electron chi connectivity index (χ2n) is 34.7. The van der Waals surface area contributed by atoms with Crippen LogP contribution in [-0.2, 0) is 48.7 Å². The van der Waals surface area contributed by atoms with Gasteiger partial charge < -0.3 is 19.1 Å². The highest BCUT2D eigenvalue weighted by atomic mass is 32.1. The molecule has 1 fully saturated rings. The van der Waals surface area contributed by atoms with E-state index < -0.39 is 55.6 Å². The maximum Gasteiger partial charge on any atom is 0.252 e. The first-order chi connectivity index (χ1) is 47.3. The van der Waals surface area contributed by atoms with Gasteiger partial charge in [0.15, 0.2) is 0 Å². The van der Waals surface area contributed by atoms with Crippen molar-refractivity contribution < 1.29 is 20.9 Å². The van der Waals surface area contributed by atoms with Gasteiger partial charge in [-0.05, 0) is 248 Å². The highest BCUT2D eigenvalue weighted by Gasteiger charge is 2.59. The predicted molar refractivity (Wildman–Crippen MR) is 387 cm³/mol. The summed E-state index contributed by atoms with van der Waals surface area (Å²) in [5, 5.41) is 3.01. The highest BCUT2D eigenvalue weighted by Crippen LogP contribution is 2.64. The fourth-order valence-electron chi connectivity index (χ4n) is 18.7. The minimum Gasteiger partial charge on any atom is -0.460 e. The summed E-state index contributed by atoms with van der Waals surface area (Å²) < 4.78 is 143. The Bertz CT molecular complexity index is 5120. The molecule has 5 aliphatic carbocycles. The van der Waals surface area contributed by atoms with Crippen molar-refractivity contribution in [1.29, 1.82) is 0 Å². The molecule has 90 heavy (non-hydrogen) atoms. The summed E-state index contributed by atoms with van der Waals surface area (Å²) >= 11 is 1.52. The number of rotatable bonds is 3. The van der Waals surface area contributed by atoms with Crippen LogP contribution >= 0.6 is 11.3 Å². The molecule has 2 atom stereocenters. The van der Waals surface area contributed by atoms with E-state index in [0.717, 1.165) is 83.0 Å². The van der Waals surface area contributed by atoms with Crippen molar-refractivity contribution in [3.05, 3.63) is 158 Å². The second-order valence-corrected chi connectivity index (χ2v) is 35.8. The smallest absolute Gasteiger partial charge is 0.252 e. The van der Waals surface area contributed by atoms with E-state index in [2.05, 4.69) is 160 Å². The van der Waals surface area contributed by atoms with E-state index in [1.54, 1.807) is 9.80 Å². The third-order valence-corrected chi connectivity index (χ3v) is 26.6. The summed E-state index contributed by atoms with van der Waals surface area (Å²) in [5.41, 5.74) is 1.42. The summed E-state index contributed by atoms with van der Waals surface area (Å²) in [7, 11) is 0. The summed E-state index contributed by atoms with van der Waals surface area (Å²) in [6.07, 6.45) is 9.16. The lowest BCUT2D eigenvalue weighted by atomic mass is 9.33. The predicted octanol–water partition coefficient (Wildman–Crippen LogP) is 22.0. The zero-order valence-electron chi connectivity index (χ0n) is 68.7. The number of fused-ring (bicyclic) bond motifs is 16. The molecule has 7 aromatic carbocycles. The molecule has 2 aromatic heterocycles. The van der Waals surface area contributed by atoms with E-state index in [9.17, 15) is 16.4 Å². The van der Waals surface area contributed by atoms with Crippen LogP contribution in [0.4, 0.5) is 45.5 Å². The van der Waals surface area contributed by atoms with Gasteiger partial charge in [0, 0.05) is 76.9 Å². The van der Waals surface area contributed by atoms with E-state index >= 15 is 0 Å². The number of hydrogen-bond donors (Lipinski definition) is 0. The van der Waals surface area contributed by atoms with E-state index in [0.29, 0.717) is 75.6 Å². The molecule has 6 heteroatoms. The first kappa shape index (κ1) is 45.9. The van der Waals surface area contributed by atoms with Crippen LogP contribution in [0.5, 0.6) is 0 Å². The molecule has 4 nitrogen and oxygen atoms in total. The Morgan fingerprint density at radius 1 is 0.433 bits per heavy atom. The fraction of sp³-hybridized carbons (Fsp3) is 0.476. The maximum atomic E-state index is 11.9. The van der Waals surface area contributed by atoms with Crippen LogP contribution < -0.4 is 31.1 Å². The lowest BCUT2D eigenvalue weighted by Gasteiger charge is -2.51. The van der Waals surface area contributed by atoms with E-state index in [1.807, 2.05) is 6.07 Å². The van der Waals surface area contributed by atoms with Gasteiger partial charge in [0.2, 0.25) is 0 Å². The molecule has 9 aromatic rings. The minimum absolute atomic E-state index is 0.0229. The van der Waals surface area contributed by atoms with Crippen LogP contribution in [0.25, 0.3) is 31.8 Å². The molecule has 0 amide bonds. The number of furan rings is 1. The molecule has 0 N–H and O–H groups in total. The topological polar surface area (TPSA) is 22.9 Å². The third kappa shape index (κ3) is 7.61. The Balaban J connectivity index is 1.16. The maximum absolute atomic E-state index is 11.9. The number of anilines is 8. The van der Waals surface area contributed by atoms with Crippen molar-refractivity contribution in [2.24, 2.45) is 0 Å². The SMILES string of the molecule is [2H]c1c([2H])c2c(c([2H])c1N1c3c([2H])c(N4c5cc6ccccc6cc5C5(C)CCCCC45C)c([2H])c4c3B(c3c1c([2H])c1c5c(oc1c3[2H])C(C)(C)CCC5(C)C)c1c(c([2H])c3c5c(sc3c1[2H])C(C)(C)CCC5(C)C)N4c1c([2H])c([2H])c3c(c1[2H])C(C)(C)CCC3(C)C)C(C)(C)CCC2(C)C. The highest BCUT2D eigenvalue weighted by molar-refractivity contribution is 7.19. The van der Waals surface area contributed by atoms with Crippen LogP contribution in [0, 0.1) is 0 Å². The molecular formula is C84H96BN3OS. The zero-order chi connectivity index (χ0) is 73.4. The normalized spacial score (nSPS) is 27.0. The number of benzene rings is 7. The van der Waals surface area contributed by atoms with Gasteiger partial charge >= 0.3 is 0 Å². The van der Waals surface area contributed by atoms with Crippen molar-refractivity contribution >= 4 is 112 Å². The van der Waals surface area contributed by atoms with Gasteiger partial charge in [0.1, 0.15) is 11.3 Å². The molecule has 1 saturated carbocycles. The Morgan fingerprint density at radius 3 is 1.53 bits per heavy atom. The quantitative estimate of drug-likeness (QED) is 0.164. The van der Waals surface area contributed by atoms with Gasteiger partial charge in [0.05, 0.1) is 22.0 Å². The van der Waals surface area contributed by atoms with Gasteiger partial charge in [-0.1, -0.05) is 167 Å². The van der Waals surface area contributed by atoms with E-state index in [4.69, 9.17) is 4.42 Å². The van der Waals surface area contributed by atoms with Gasteiger partial charge in [0.25, 0.3) is 6.71 Å². The molecule has 5 heterocycles. The van der Waals surface area contributed by atoms with Crippen molar-refractivity contribution in [3.8, 4) is 0 Å². The van der Waals surface area contributed by atoms with Gasteiger partial charge in [-0.2, -0.15) is 0 Å². The zero-order valence-corrected chi connectivity index (χ0v) is 57.5. The lowest BCUT2D eigenvalue weighted by Crippen LogP contribution is -2.61. The first-order valence-corrected chi connectivity index (χ1v) is 34.8. The molecule has 17 rings (SSSR count). The molecule has 0 bridgehead atoms. The Labute approximate surface area is 559 Å². The van der Waals surface area contributed by atoms with E-state index in [-0.39, 0.29) is 140 Å². The molecule has 0 spiro atoms. The van der Waals surface area contributed by atoms with E-state index in [1.165, 1.54) is 11.3 Å². The van der Waals surface area contributed by atoms with Crippen LogP contribution in [0.3, 0.4) is 0 Å². The van der Waals surface area contributed by atoms with Crippen molar-refractivity contribution in [2.75, 3.05) is 14.7 Å². The summed E-state index contributed by atoms with van der Waals surface area (Å²) in [6, 6.07) is 11.6. The van der Waals surface area contributed by atoms with Crippen LogP contribution in [0.1, 0.15) is 268 Å². The Kier molecular flexibility index (Phi) is 9.14. The Hall–Kier alpha value is -6.24. The average molecular weight is 1220 g/mol. The number of nitrogens with zero attached hydrogens (tertiary/aromatic N) is 3.